The van der Waals surface area contributed by atoms with E-state index in [0.717, 1.165) is 5.75 Å². The summed E-state index contributed by atoms with van der Waals surface area (Å²) in [7, 11) is 0. The van der Waals surface area contributed by atoms with E-state index in [4.69, 9.17) is 4.84 Å². The molecule has 0 saturated heterocycles. The number of carbonyl (C=O) groups excluding carboxylic acids is 1. The summed E-state index contributed by atoms with van der Waals surface area (Å²) in [6.45, 7) is 1.82. The fraction of sp³-hybridized carbons (Fsp3) is 0.364. The Balaban J connectivity index is 2.39. The first kappa shape index (κ1) is 12.8. The van der Waals surface area contributed by atoms with Crippen LogP contribution in [0.3, 0.4) is 0 Å². The van der Waals surface area contributed by atoms with Gasteiger partial charge in [0.1, 0.15) is 5.82 Å². The first-order valence-electron chi connectivity index (χ1n) is 4.84. The molecular weight excluding hydrogens is 229 g/mol. The van der Waals surface area contributed by atoms with E-state index in [-0.39, 0.29) is 17.6 Å². The topological polar surface area (TPSA) is 38.3 Å². The van der Waals surface area contributed by atoms with Gasteiger partial charge in [0.05, 0.1) is 0 Å². The number of rotatable bonds is 5. The molecule has 1 aromatic rings. The number of carbonyl (C=O) groups is 1. The van der Waals surface area contributed by atoms with E-state index in [9.17, 15) is 9.18 Å². The minimum absolute atomic E-state index is 0.115. The first-order chi connectivity index (χ1) is 7.63. The Hall–Kier alpha value is -1.23. The predicted molar refractivity (Wildman–Crippen MR) is 62.7 cm³/mol. The van der Waals surface area contributed by atoms with Crippen molar-refractivity contribution in [1.29, 1.82) is 0 Å². The Labute approximate surface area is 98.3 Å². The summed E-state index contributed by atoms with van der Waals surface area (Å²) in [5, 5.41) is 0. The molecule has 5 heteroatoms. The highest BCUT2D eigenvalue weighted by atomic mass is 32.2. The van der Waals surface area contributed by atoms with Crippen molar-refractivity contribution in [2.75, 3.05) is 12.0 Å². The molecule has 0 spiro atoms. The molecule has 88 valence electrons. The van der Waals surface area contributed by atoms with E-state index in [0.29, 0.717) is 5.75 Å². The predicted octanol–water partition coefficient (Wildman–Crippen LogP) is 2.23. The molecule has 1 aromatic carbocycles. The maximum Gasteiger partial charge on any atom is 0.256 e. The van der Waals surface area contributed by atoms with Crippen LogP contribution in [0.4, 0.5) is 4.39 Å². The molecule has 0 fully saturated rings. The average molecular weight is 243 g/mol. The van der Waals surface area contributed by atoms with Crippen LogP contribution in [0.2, 0.25) is 0 Å². The van der Waals surface area contributed by atoms with Gasteiger partial charge in [0.25, 0.3) is 5.91 Å². The van der Waals surface area contributed by atoms with Gasteiger partial charge in [0.15, 0.2) is 5.75 Å². The summed E-state index contributed by atoms with van der Waals surface area (Å²) >= 11 is 1.60. The monoisotopic (exact) mass is 243 g/mol. The lowest BCUT2D eigenvalue weighted by atomic mass is 10.2. The molecule has 0 aliphatic carbocycles. The molecule has 1 atom stereocenters. The van der Waals surface area contributed by atoms with Gasteiger partial charge in [-0.2, -0.15) is 17.2 Å². The Kier molecular flexibility index (Phi) is 5.11. The summed E-state index contributed by atoms with van der Waals surface area (Å²) in [6, 6.07) is 5.45. The lowest BCUT2D eigenvalue weighted by Crippen LogP contribution is -2.33. The molecule has 1 unspecified atom stereocenters. The fourth-order valence-corrected chi connectivity index (χ4v) is 1.69. The molecule has 0 aliphatic rings. The maximum absolute atomic E-state index is 12.6. The highest BCUT2D eigenvalue weighted by Crippen LogP contribution is 2.10. The zero-order chi connectivity index (χ0) is 12.0. The van der Waals surface area contributed by atoms with Crippen LogP contribution in [-0.4, -0.2) is 17.9 Å². The molecule has 3 nitrogen and oxygen atoms in total. The Bertz CT molecular complexity index is 342. The third kappa shape index (κ3) is 4.10. The lowest BCUT2D eigenvalue weighted by molar-refractivity contribution is -0.130. The van der Waals surface area contributed by atoms with Crippen molar-refractivity contribution < 1.29 is 14.0 Å². The molecule has 1 rings (SSSR count). The zero-order valence-corrected chi connectivity index (χ0v) is 10.0. The standard InChI is InChI=1S/C11H14FNO2S/c1-8(7-16-2)11(14)13-15-10-5-3-9(12)4-6-10/h3-6,8H,7H2,1-2H3,(H,13,14). The van der Waals surface area contributed by atoms with Gasteiger partial charge < -0.3 is 4.84 Å². The van der Waals surface area contributed by atoms with Gasteiger partial charge in [0, 0.05) is 11.7 Å². The number of hydrogen-bond acceptors (Lipinski definition) is 3. The van der Waals surface area contributed by atoms with Crippen molar-refractivity contribution in [3.8, 4) is 5.75 Å². The Morgan fingerprint density at radius 2 is 2.12 bits per heavy atom. The molecule has 0 saturated carbocycles. The summed E-state index contributed by atoms with van der Waals surface area (Å²) in [4.78, 5) is 16.5. The Morgan fingerprint density at radius 3 is 2.69 bits per heavy atom. The zero-order valence-electron chi connectivity index (χ0n) is 9.20. The lowest BCUT2D eigenvalue weighted by Gasteiger charge is -2.11. The van der Waals surface area contributed by atoms with Crippen LogP contribution < -0.4 is 10.3 Å². The van der Waals surface area contributed by atoms with E-state index in [2.05, 4.69) is 5.48 Å². The molecule has 0 heterocycles. The van der Waals surface area contributed by atoms with Crippen molar-refractivity contribution in [2.45, 2.75) is 6.92 Å². The van der Waals surface area contributed by atoms with Crippen LogP contribution in [0.5, 0.6) is 5.75 Å². The van der Waals surface area contributed by atoms with E-state index in [1.807, 2.05) is 13.2 Å². The second kappa shape index (κ2) is 6.37. The van der Waals surface area contributed by atoms with E-state index in [1.54, 1.807) is 11.8 Å². The van der Waals surface area contributed by atoms with Gasteiger partial charge in [-0.25, -0.2) is 4.39 Å². The summed E-state index contributed by atoms with van der Waals surface area (Å²) < 4.78 is 12.6. The number of hydrogen-bond donors (Lipinski definition) is 1. The molecule has 1 amide bonds. The van der Waals surface area contributed by atoms with Gasteiger partial charge >= 0.3 is 0 Å². The maximum atomic E-state index is 12.6. The molecule has 0 radical (unpaired) electrons. The van der Waals surface area contributed by atoms with Gasteiger partial charge in [-0.15, -0.1) is 0 Å². The first-order valence-corrected chi connectivity index (χ1v) is 6.24. The van der Waals surface area contributed by atoms with Crippen molar-refractivity contribution in [2.24, 2.45) is 5.92 Å². The largest absolute Gasteiger partial charge is 0.380 e. The summed E-state index contributed by atoms with van der Waals surface area (Å²) in [5.41, 5.74) is 2.33. The quantitative estimate of drug-likeness (QED) is 0.806. The number of nitrogens with one attached hydrogen (secondary N) is 1. The molecule has 0 bridgehead atoms. The minimum atomic E-state index is -0.338. The van der Waals surface area contributed by atoms with Crippen LogP contribution in [-0.2, 0) is 4.79 Å². The Morgan fingerprint density at radius 1 is 1.50 bits per heavy atom. The van der Waals surface area contributed by atoms with Gasteiger partial charge in [-0.1, -0.05) is 6.92 Å². The highest BCUT2D eigenvalue weighted by Gasteiger charge is 2.12. The van der Waals surface area contributed by atoms with Crippen molar-refractivity contribution in [3.63, 3.8) is 0 Å². The van der Waals surface area contributed by atoms with Gasteiger partial charge in [-0.3, -0.25) is 4.79 Å². The average Bonchev–Trinajstić information content (AvgIpc) is 2.28. The van der Waals surface area contributed by atoms with Crippen LogP contribution in [0.15, 0.2) is 24.3 Å². The van der Waals surface area contributed by atoms with Crippen molar-refractivity contribution in [1.82, 2.24) is 5.48 Å². The molecule has 0 aliphatic heterocycles. The number of thioether (sulfide) groups is 1. The van der Waals surface area contributed by atoms with E-state index in [1.165, 1.54) is 24.3 Å². The molecule has 1 N–H and O–H groups in total. The summed E-state index contributed by atoms with van der Waals surface area (Å²) in [5.74, 6) is 0.508. The second-order valence-electron chi connectivity index (χ2n) is 3.38. The number of amides is 1. The number of halogens is 1. The van der Waals surface area contributed by atoms with E-state index < -0.39 is 0 Å². The number of hydroxylamine groups is 1. The third-order valence-electron chi connectivity index (χ3n) is 1.95. The molecule has 0 aromatic heterocycles. The molecule has 16 heavy (non-hydrogen) atoms. The highest BCUT2D eigenvalue weighted by molar-refractivity contribution is 7.98. The van der Waals surface area contributed by atoms with Crippen molar-refractivity contribution in [3.05, 3.63) is 30.1 Å². The minimum Gasteiger partial charge on any atom is -0.380 e. The van der Waals surface area contributed by atoms with Gasteiger partial charge in [-0.05, 0) is 30.5 Å². The van der Waals surface area contributed by atoms with Gasteiger partial charge in [0.2, 0.25) is 0 Å². The van der Waals surface area contributed by atoms with E-state index >= 15 is 0 Å². The van der Waals surface area contributed by atoms with Crippen LogP contribution in [0, 0.1) is 11.7 Å². The van der Waals surface area contributed by atoms with Crippen molar-refractivity contribution >= 4 is 17.7 Å². The van der Waals surface area contributed by atoms with Crippen LogP contribution in [0.1, 0.15) is 6.92 Å². The fourth-order valence-electron chi connectivity index (χ4n) is 1.04. The SMILES string of the molecule is CSCC(C)C(=O)NOc1ccc(F)cc1. The number of benzene rings is 1. The smallest absolute Gasteiger partial charge is 0.256 e. The molecular formula is C11H14FNO2S. The van der Waals surface area contributed by atoms with Crippen LogP contribution in [0.25, 0.3) is 0 Å². The summed E-state index contributed by atoms with van der Waals surface area (Å²) in [6.07, 6.45) is 1.94. The third-order valence-corrected chi connectivity index (χ3v) is 2.78. The second-order valence-corrected chi connectivity index (χ2v) is 4.29. The normalized spacial score (nSPS) is 11.9. The van der Waals surface area contributed by atoms with Crippen LogP contribution >= 0.6 is 11.8 Å².